The van der Waals surface area contributed by atoms with Crippen LogP contribution in [0, 0.1) is 0 Å². The number of ether oxygens (including phenoxy) is 1. The Bertz CT molecular complexity index is 523. The molecule has 0 aliphatic carbocycles. The zero-order valence-corrected chi connectivity index (χ0v) is 14.7. The van der Waals surface area contributed by atoms with Crippen LogP contribution >= 0.6 is 27.7 Å². The second-order valence-corrected chi connectivity index (χ2v) is 6.96. The molecule has 1 heterocycles. The van der Waals surface area contributed by atoms with Crippen molar-refractivity contribution in [2.45, 2.75) is 29.9 Å². The molecule has 5 nitrogen and oxygen atoms in total. The van der Waals surface area contributed by atoms with Crippen LogP contribution < -0.4 is 0 Å². The molecule has 120 valence electrons. The van der Waals surface area contributed by atoms with Crippen molar-refractivity contribution in [1.82, 2.24) is 5.06 Å². The summed E-state index contributed by atoms with van der Waals surface area (Å²) in [5.41, 5.74) is 0. The van der Waals surface area contributed by atoms with Gasteiger partial charge in [0.15, 0.2) is 0 Å². The maximum Gasteiger partial charge on any atom is 0.527 e. The molecular formula is C15H18BrNO4S. The van der Waals surface area contributed by atoms with Crippen molar-refractivity contribution >= 4 is 39.6 Å². The molecule has 22 heavy (non-hydrogen) atoms. The van der Waals surface area contributed by atoms with Gasteiger partial charge in [-0.15, -0.1) is 16.8 Å². The highest BCUT2D eigenvalue weighted by molar-refractivity contribution is 9.10. The summed E-state index contributed by atoms with van der Waals surface area (Å²) in [4.78, 5) is 29.7. The Labute approximate surface area is 142 Å². The molecule has 0 N–H and O–H groups in total. The highest BCUT2D eigenvalue weighted by atomic mass is 79.9. The summed E-state index contributed by atoms with van der Waals surface area (Å²) in [7, 11) is 0. The average molecular weight is 388 g/mol. The molecule has 7 heteroatoms. The van der Waals surface area contributed by atoms with Gasteiger partial charge in [-0.2, -0.15) is 0 Å². The summed E-state index contributed by atoms with van der Waals surface area (Å²) in [6.07, 6.45) is 0.293. The largest absolute Gasteiger partial charge is 0.527 e. The van der Waals surface area contributed by atoms with Crippen molar-refractivity contribution in [3.63, 3.8) is 0 Å². The van der Waals surface area contributed by atoms with Gasteiger partial charge < -0.3 is 9.57 Å². The Kier molecular flexibility index (Phi) is 6.72. The fourth-order valence-electron chi connectivity index (χ4n) is 2.07. The van der Waals surface area contributed by atoms with Gasteiger partial charge in [-0.1, -0.05) is 15.9 Å². The maximum absolute atomic E-state index is 12.2. The van der Waals surface area contributed by atoms with Crippen LogP contribution in [0.15, 0.2) is 33.6 Å². The molecule has 0 saturated carbocycles. The Morgan fingerprint density at radius 1 is 1.36 bits per heavy atom. The second kappa shape index (κ2) is 8.55. The minimum absolute atomic E-state index is 0.114. The van der Waals surface area contributed by atoms with Crippen LogP contribution in [0.1, 0.15) is 19.8 Å². The van der Waals surface area contributed by atoms with E-state index in [1.807, 2.05) is 24.3 Å². The van der Waals surface area contributed by atoms with E-state index in [-0.39, 0.29) is 17.6 Å². The number of ketones is 1. The first-order valence-electron chi connectivity index (χ1n) is 7.13. The van der Waals surface area contributed by atoms with E-state index in [4.69, 9.17) is 9.57 Å². The predicted octanol–water partition coefficient (Wildman–Crippen LogP) is 3.66. The van der Waals surface area contributed by atoms with Crippen LogP contribution in [0.5, 0.6) is 0 Å². The van der Waals surface area contributed by atoms with E-state index in [1.54, 1.807) is 18.7 Å². The number of hydroxylamine groups is 2. The van der Waals surface area contributed by atoms with Gasteiger partial charge in [-0.05, 0) is 37.6 Å². The average Bonchev–Trinajstić information content (AvgIpc) is 2.65. The molecule has 0 aromatic heterocycles. The SMILES string of the molecule is CCOC(=O)ON1CCC(=O)C(Sc2ccc(Br)cc2)CC1. The van der Waals surface area contributed by atoms with Gasteiger partial charge >= 0.3 is 6.16 Å². The molecule has 0 amide bonds. The van der Waals surface area contributed by atoms with Gasteiger partial charge in [0.25, 0.3) is 0 Å². The van der Waals surface area contributed by atoms with E-state index in [1.165, 1.54) is 5.06 Å². The van der Waals surface area contributed by atoms with Crippen molar-refractivity contribution in [2.75, 3.05) is 19.7 Å². The lowest BCUT2D eigenvalue weighted by atomic mass is 10.2. The van der Waals surface area contributed by atoms with E-state index in [0.717, 1.165) is 9.37 Å². The van der Waals surface area contributed by atoms with E-state index < -0.39 is 6.16 Å². The molecule has 1 saturated heterocycles. The Morgan fingerprint density at radius 3 is 2.77 bits per heavy atom. The summed E-state index contributed by atoms with van der Waals surface area (Å²) in [5.74, 6) is 0.183. The van der Waals surface area contributed by atoms with Gasteiger partial charge in [-0.25, -0.2) is 4.79 Å². The van der Waals surface area contributed by atoms with Crippen LogP contribution in [0.2, 0.25) is 0 Å². The molecule has 1 aromatic rings. The van der Waals surface area contributed by atoms with Gasteiger partial charge in [0.2, 0.25) is 0 Å². The number of halogens is 1. The Hall–Kier alpha value is -1.05. The van der Waals surface area contributed by atoms with Gasteiger partial charge in [0.1, 0.15) is 5.78 Å². The number of nitrogens with zero attached hydrogens (tertiary/aromatic N) is 1. The number of rotatable bonds is 4. The number of Topliss-reactive ketones (excluding diaryl/α,β-unsaturated/α-hetero) is 1. The Morgan fingerprint density at radius 2 is 2.09 bits per heavy atom. The molecule has 1 aliphatic rings. The lowest BCUT2D eigenvalue weighted by Gasteiger charge is -2.17. The molecule has 1 fully saturated rings. The quantitative estimate of drug-likeness (QED) is 0.734. The predicted molar refractivity (Wildman–Crippen MR) is 87.7 cm³/mol. The lowest BCUT2D eigenvalue weighted by molar-refractivity contribution is -0.129. The topological polar surface area (TPSA) is 55.8 Å². The molecular weight excluding hydrogens is 370 g/mol. The van der Waals surface area contributed by atoms with Crippen molar-refractivity contribution in [1.29, 1.82) is 0 Å². The van der Waals surface area contributed by atoms with E-state index in [9.17, 15) is 9.59 Å². The van der Waals surface area contributed by atoms with Crippen molar-refractivity contribution in [2.24, 2.45) is 0 Å². The molecule has 2 rings (SSSR count). The van der Waals surface area contributed by atoms with Gasteiger partial charge in [0.05, 0.1) is 11.9 Å². The number of hydrogen-bond acceptors (Lipinski definition) is 6. The number of carbonyl (C=O) groups excluding carboxylic acids is 2. The number of hydrogen-bond donors (Lipinski definition) is 0. The second-order valence-electron chi connectivity index (χ2n) is 4.77. The van der Waals surface area contributed by atoms with Crippen LogP contribution in [-0.2, 0) is 14.4 Å². The van der Waals surface area contributed by atoms with Crippen LogP contribution in [0.3, 0.4) is 0 Å². The summed E-state index contributed by atoms with van der Waals surface area (Å²) in [6.45, 7) is 2.93. The third-order valence-electron chi connectivity index (χ3n) is 3.17. The third-order valence-corrected chi connectivity index (χ3v) is 5.02. The molecule has 1 aliphatic heterocycles. The monoisotopic (exact) mass is 387 g/mol. The molecule has 0 spiro atoms. The minimum atomic E-state index is -0.714. The normalized spacial score (nSPS) is 19.5. The third kappa shape index (κ3) is 5.30. The van der Waals surface area contributed by atoms with Crippen molar-refractivity contribution in [3.8, 4) is 0 Å². The summed E-state index contributed by atoms with van der Waals surface area (Å²) in [5, 5.41) is 1.40. The Balaban J connectivity index is 1.90. The highest BCUT2D eigenvalue weighted by Gasteiger charge is 2.27. The van der Waals surface area contributed by atoms with Crippen molar-refractivity contribution < 1.29 is 19.2 Å². The fourth-order valence-corrected chi connectivity index (χ4v) is 3.43. The molecule has 1 unspecified atom stereocenters. The summed E-state index contributed by atoms with van der Waals surface area (Å²) < 4.78 is 5.76. The number of carbonyl (C=O) groups is 2. The zero-order chi connectivity index (χ0) is 15.9. The van der Waals surface area contributed by atoms with Crippen molar-refractivity contribution in [3.05, 3.63) is 28.7 Å². The fraction of sp³-hybridized carbons (Fsp3) is 0.467. The number of thioether (sulfide) groups is 1. The van der Waals surface area contributed by atoms with E-state index in [0.29, 0.717) is 25.9 Å². The molecule has 0 radical (unpaired) electrons. The smallest absolute Gasteiger partial charge is 0.433 e. The van der Waals surface area contributed by atoms with E-state index >= 15 is 0 Å². The summed E-state index contributed by atoms with van der Waals surface area (Å²) >= 11 is 4.95. The summed E-state index contributed by atoms with van der Waals surface area (Å²) in [6, 6.07) is 7.89. The van der Waals surface area contributed by atoms with Crippen LogP contribution in [-0.4, -0.2) is 41.9 Å². The van der Waals surface area contributed by atoms with Crippen LogP contribution in [0.4, 0.5) is 4.79 Å². The maximum atomic E-state index is 12.2. The standard InChI is InChI=1S/C15H18BrNO4S/c1-2-20-15(19)21-17-9-7-13(18)14(8-10-17)22-12-5-3-11(16)4-6-12/h3-6,14H,2,7-10H2,1H3. The van der Waals surface area contributed by atoms with E-state index in [2.05, 4.69) is 15.9 Å². The zero-order valence-electron chi connectivity index (χ0n) is 12.3. The first-order valence-corrected chi connectivity index (χ1v) is 8.80. The lowest BCUT2D eigenvalue weighted by Crippen LogP contribution is -2.29. The number of benzene rings is 1. The minimum Gasteiger partial charge on any atom is -0.433 e. The van der Waals surface area contributed by atoms with Gasteiger partial charge in [-0.3, -0.25) is 4.79 Å². The van der Waals surface area contributed by atoms with Crippen LogP contribution in [0.25, 0.3) is 0 Å². The molecule has 1 atom stereocenters. The van der Waals surface area contributed by atoms with Gasteiger partial charge in [0, 0.05) is 28.9 Å². The molecule has 1 aromatic carbocycles. The highest BCUT2D eigenvalue weighted by Crippen LogP contribution is 2.29. The first-order chi connectivity index (χ1) is 10.6. The first kappa shape index (κ1) is 17.3. The molecule has 0 bridgehead atoms.